The van der Waals surface area contributed by atoms with Gasteiger partial charge in [-0.05, 0) is 26.0 Å². The number of para-hydroxylation sites is 1. The summed E-state index contributed by atoms with van der Waals surface area (Å²) < 4.78 is 14.5. The van der Waals surface area contributed by atoms with E-state index in [1.54, 1.807) is 13.8 Å². The quantitative estimate of drug-likeness (QED) is 0.459. The van der Waals surface area contributed by atoms with Crippen LogP contribution in [-0.2, 0) is 19.1 Å². The molecular formula is C17H22O5. The molecule has 0 aliphatic carbocycles. The number of rotatable bonds is 6. The molecule has 0 aliphatic rings. The molecule has 1 aromatic carbocycles. The highest BCUT2D eigenvalue weighted by atomic mass is 16.6. The molecule has 1 rings (SSSR count). The molecule has 5 heteroatoms. The van der Waals surface area contributed by atoms with Crippen LogP contribution in [0.1, 0.15) is 13.8 Å². The number of benzene rings is 1. The van der Waals surface area contributed by atoms with Crippen molar-refractivity contribution in [3.63, 3.8) is 0 Å². The van der Waals surface area contributed by atoms with Crippen LogP contribution in [0, 0.1) is 0 Å². The topological polar surface area (TPSA) is 61.8 Å². The highest BCUT2D eigenvalue weighted by molar-refractivity contribution is 5.87. The summed E-state index contributed by atoms with van der Waals surface area (Å²) in [5.41, 5.74) is 0.831. The van der Waals surface area contributed by atoms with Gasteiger partial charge in [0.15, 0.2) is 0 Å². The van der Waals surface area contributed by atoms with Crippen LogP contribution in [0.5, 0.6) is 5.75 Å². The number of carbonyl (C=O) groups is 2. The maximum absolute atomic E-state index is 11.0. The fourth-order valence-electron chi connectivity index (χ4n) is 1.11. The largest absolute Gasteiger partial charge is 0.490 e. The lowest BCUT2D eigenvalue weighted by molar-refractivity contribution is -0.139. The van der Waals surface area contributed by atoms with E-state index in [9.17, 15) is 9.59 Å². The Hall–Kier alpha value is -2.56. The summed E-state index contributed by atoms with van der Waals surface area (Å²) in [6, 6.07) is 9.37. The van der Waals surface area contributed by atoms with E-state index >= 15 is 0 Å². The van der Waals surface area contributed by atoms with Gasteiger partial charge in [0.05, 0.1) is 7.11 Å². The Morgan fingerprint density at radius 1 is 0.955 bits per heavy atom. The summed E-state index contributed by atoms with van der Waals surface area (Å²) in [6.45, 7) is 10.6. The fourth-order valence-corrected chi connectivity index (χ4v) is 1.11. The average molecular weight is 306 g/mol. The Morgan fingerprint density at radius 2 is 1.50 bits per heavy atom. The zero-order valence-electron chi connectivity index (χ0n) is 13.3. The lowest BCUT2D eigenvalue weighted by Gasteiger charge is -2.06. The van der Waals surface area contributed by atoms with Crippen molar-refractivity contribution >= 4 is 11.9 Å². The minimum Gasteiger partial charge on any atom is -0.490 e. The van der Waals surface area contributed by atoms with E-state index in [0.29, 0.717) is 17.8 Å². The van der Waals surface area contributed by atoms with Crippen LogP contribution in [0.4, 0.5) is 0 Å². The van der Waals surface area contributed by atoms with Crippen molar-refractivity contribution in [3.8, 4) is 5.75 Å². The molecule has 0 heterocycles. The molecule has 0 bridgehead atoms. The monoisotopic (exact) mass is 306 g/mol. The first-order valence-electron chi connectivity index (χ1n) is 6.62. The number of ether oxygens (including phenoxy) is 3. The maximum Gasteiger partial charge on any atom is 0.333 e. The van der Waals surface area contributed by atoms with E-state index in [0.717, 1.165) is 5.75 Å². The Morgan fingerprint density at radius 3 is 1.91 bits per heavy atom. The van der Waals surface area contributed by atoms with Crippen molar-refractivity contribution in [1.82, 2.24) is 0 Å². The van der Waals surface area contributed by atoms with Crippen LogP contribution in [-0.4, -0.2) is 32.3 Å². The van der Waals surface area contributed by atoms with Crippen LogP contribution < -0.4 is 4.74 Å². The average Bonchev–Trinajstić information content (AvgIpc) is 2.51. The summed E-state index contributed by atoms with van der Waals surface area (Å²) in [4.78, 5) is 21.2. The van der Waals surface area contributed by atoms with Gasteiger partial charge < -0.3 is 14.2 Å². The van der Waals surface area contributed by atoms with Gasteiger partial charge in [0, 0.05) is 11.1 Å². The summed E-state index contributed by atoms with van der Waals surface area (Å²) in [5, 5.41) is 0. The van der Waals surface area contributed by atoms with Crippen molar-refractivity contribution in [2.75, 3.05) is 20.3 Å². The van der Waals surface area contributed by atoms with E-state index in [-0.39, 0.29) is 18.5 Å². The van der Waals surface area contributed by atoms with Gasteiger partial charge in [0.25, 0.3) is 0 Å². The molecular weight excluding hydrogens is 284 g/mol. The third kappa shape index (κ3) is 9.36. The normalized spacial score (nSPS) is 8.86. The second-order valence-electron chi connectivity index (χ2n) is 4.35. The van der Waals surface area contributed by atoms with Crippen molar-refractivity contribution in [3.05, 3.63) is 54.6 Å². The van der Waals surface area contributed by atoms with Gasteiger partial charge in [-0.2, -0.15) is 0 Å². The highest BCUT2D eigenvalue weighted by Gasteiger charge is 2.02. The van der Waals surface area contributed by atoms with Gasteiger partial charge in [-0.1, -0.05) is 31.4 Å². The van der Waals surface area contributed by atoms with E-state index in [2.05, 4.69) is 17.9 Å². The molecule has 5 nitrogen and oxygen atoms in total. The van der Waals surface area contributed by atoms with E-state index in [1.807, 2.05) is 30.3 Å². The Balaban J connectivity index is 0.000000534. The first-order valence-corrected chi connectivity index (χ1v) is 6.62. The van der Waals surface area contributed by atoms with Crippen LogP contribution in [0.2, 0.25) is 0 Å². The molecule has 0 unspecified atom stereocenters. The van der Waals surface area contributed by atoms with E-state index in [4.69, 9.17) is 9.47 Å². The van der Waals surface area contributed by atoms with Crippen molar-refractivity contribution in [2.45, 2.75) is 13.8 Å². The molecule has 0 saturated heterocycles. The summed E-state index contributed by atoms with van der Waals surface area (Å²) in [7, 11) is 1.33. The van der Waals surface area contributed by atoms with Crippen LogP contribution >= 0.6 is 0 Å². The first kappa shape index (κ1) is 19.4. The number of esters is 2. The molecule has 120 valence electrons. The SMILES string of the molecule is C=C(C)C(=O)OC.C=C(C)C(=O)OCCOc1ccccc1. The smallest absolute Gasteiger partial charge is 0.333 e. The minimum atomic E-state index is -0.383. The predicted molar refractivity (Wildman–Crippen MR) is 84.5 cm³/mol. The van der Waals surface area contributed by atoms with E-state index in [1.165, 1.54) is 7.11 Å². The summed E-state index contributed by atoms with van der Waals surface area (Å²) >= 11 is 0. The molecule has 0 saturated carbocycles. The second kappa shape index (κ2) is 11.1. The number of methoxy groups -OCH3 is 1. The summed E-state index contributed by atoms with van der Waals surface area (Å²) in [6.07, 6.45) is 0. The van der Waals surface area contributed by atoms with Crippen LogP contribution in [0.25, 0.3) is 0 Å². The van der Waals surface area contributed by atoms with Gasteiger partial charge in [-0.15, -0.1) is 0 Å². The highest BCUT2D eigenvalue weighted by Crippen LogP contribution is 2.07. The zero-order valence-corrected chi connectivity index (χ0v) is 13.3. The third-order valence-electron chi connectivity index (χ3n) is 2.21. The number of carbonyl (C=O) groups excluding carboxylic acids is 2. The standard InChI is InChI=1S/C12H14O3.C5H8O2/c1-10(2)12(13)15-9-8-14-11-6-4-3-5-7-11;1-4(2)5(6)7-3/h3-7H,1,8-9H2,2H3;1H2,2-3H3. The molecule has 22 heavy (non-hydrogen) atoms. The molecule has 0 atom stereocenters. The molecule has 1 aromatic rings. The molecule has 0 aromatic heterocycles. The van der Waals surface area contributed by atoms with Gasteiger partial charge in [-0.3, -0.25) is 0 Å². The van der Waals surface area contributed by atoms with Crippen molar-refractivity contribution in [2.24, 2.45) is 0 Å². The van der Waals surface area contributed by atoms with Gasteiger partial charge in [-0.25, -0.2) is 9.59 Å². The molecule has 0 radical (unpaired) electrons. The zero-order chi connectivity index (χ0) is 17.0. The molecule has 0 aliphatic heterocycles. The summed E-state index contributed by atoms with van der Waals surface area (Å²) in [5.74, 6) is 0.0375. The third-order valence-corrected chi connectivity index (χ3v) is 2.21. The van der Waals surface area contributed by atoms with Crippen LogP contribution in [0.15, 0.2) is 54.6 Å². The fraction of sp³-hybridized carbons (Fsp3) is 0.294. The van der Waals surface area contributed by atoms with Gasteiger partial charge in [0.2, 0.25) is 0 Å². The van der Waals surface area contributed by atoms with Crippen LogP contribution in [0.3, 0.4) is 0 Å². The predicted octanol–water partition coefficient (Wildman–Crippen LogP) is 2.92. The van der Waals surface area contributed by atoms with Gasteiger partial charge >= 0.3 is 11.9 Å². The van der Waals surface area contributed by atoms with Crippen molar-refractivity contribution < 1.29 is 23.8 Å². The van der Waals surface area contributed by atoms with Gasteiger partial charge in [0.1, 0.15) is 19.0 Å². The Bertz CT molecular complexity index is 505. The molecule has 0 N–H and O–H groups in total. The van der Waals surface area contributed by atoms with E-state index < -0.39 is 0 Å². The lowest BCUT2D eigenvalue weighted by Crippen LogP contribution is -2.12. The van der Waals surface area contributed by atoms with Crippen molar-refractivity contribution in [1.29, 1.82) is 0 Å². The minimum absolute atomic E-state index is 0.237. The number of hydrogen-bond acceptors (Lipinski definition) is 5. The Labute approximate surface area is 131 Å². The first-order chi connectivity index (χ1) is 10.4. The molecule has 0 amide bonds. The maximum atomic E-state index is 11.0. The molecule has 0 spiro atoms. The Kier molecular flexibility index (Phi) is 9.84. The second-order valence-corrected chi connectivity index (χ2v) is 4.35. The number of hydrogen-bond donors (Lipinski definition) is 0. The molecule has 0 fully saturated rings. The lowest BCUT2D eigenvalue weighted by atomic mass is 10.3.